The molecular formula is C132H92N4OSSi2. The molecule has 0 aliphatic carbocycles. The van der Waals surface area contributed by atoms with Gasteiger partial charge in [0.2, 0.25) is 0 Å². The zero-order valence-corrected chi connectivity index (χ0v) is 79.5. The van der Waals surface area contributed by atoms with Crippen LogP contribution in [0.1, 0.15) is 0 Å². The highest BCUT2D eigenvalue weighted by molar-refractivity contribution is 7.26. The van der Waals surface area contributed by atoms with Crippen LogP contribution in [0.4, 0.5) is 34.1 Å². The molecule has 140 heavy (non-hydrogen) atoms. The second kappa shape index (κ2) is 36.3. The Morgan fingerprint density at radius 1 is 0.179 bits per heavy atom. The van der Waals surface area contributed by atoms with Crippen molar-refractivity contribution in [3.8, 4) is 55.9 Å². The normalized spacial score (nSPS) is 11.7. The molecule has 0 aliphatic heterocycles. The van der Waals surface area contributed by atoms with E-state index in [2.05, 4.69) is 565 Å². The molecule has 0 radical (unpaired) electrons. The molecule has 0 saturated carbocycles. The molecule has 4 aromatic heterocycles. The van der Waals surface area contributed by atoms with Crippen molar-refractivity contribution in [1.29, 1.82) is 0 Å². The molecule has 26 rings (SSSR count). The number of benzene rings is 22. The second-order valence-corrected chi connectivity index (χ2v) is 44.7. The van der Waals surface area contributed by atoms with Gasteiger partial charge in [0.15, 0.2) is 16.1 Å². The lowest BCUT2D eigenvalue weighted by Gasteiger charge is -2.35. The van der Waals surface area contributed by atoms with Gasteiger partial charge in [-0.1, -0.05) is 406 Å². The largest absolute Gasteiger partial charge is 0.456 e. The Labute approximate surface area is 819 Å². The highest BCUT2D eigenvalue weighted by Gasteiger charge is 2.44. The molecule has 0 saturated heterocycles. The van der Waals surface area contributed by atoms with Crippen LogP contribution >= 0.6 is 11.3 Å². The topological polar surface area (TPSA) is 29.5 Å². The van der Waals surface area contributed by atoms with Crippen LogP contribution in [0.15, 0.2) is 563 Å². The minimum Gasteiger partial charge on any atom is -0.456 e. The summed E-state index contributed by atoms with van der Waals surface area (Å²) in [6.45, 7) is 0. The average Bonchev–Trinajstić information content (AvgIpc) is 1.12. The van der Waals surface area contributed by atoms with Gasteiger partial charge in [-0.2, -0.15) is 0 Å². The Balaban J connectivity index is 0.000000148. The predicted octanol–water partition coefficient (Wildman–Crippen LogP) is 30.2. The molecule has 0 unspecified atom stereocenters. The third-order valence-electron chi connectivity index (χ3n) is 28.3. The van der Waals surface area contributed by atoms with E-state index in [1.54, 1.807) is 0 Å². The molecular weight excluding hydrogens is 1750 g/mol. The Hall–Kier alpha value is -17.5. The molecule has 0 amide bonds. The third-order valence-corrected chi connectivity index (χ3v) is 39.0. The van der Waals surface area contributed by atoms with Crippen LogP contribution in [0.5, 0.6) is 0 Å². The van der Waals surface area contributed by atoms with Gasteiger partial charge in [0, 0.05) is 98.0 Å². The van der Waals surface area contributed by atoms with E-state index in [1.165, 1.54) is 139 Å². The molecule has 5 nitrogen and oxygen atoms in total. The summed E-state index contributed by atoms with van der Waals surface area (Å²) in [5.41, 5.74) is 24.9. The van der Waals surface area contributed by atoms with Gasteiger partial charge in [-0.3, -0.25) is 0 Å². The van der Waals surface area contributed by atoms with Crippen molar-refractivity contribution in [1.82, 2.24) is 9.13 Å². The summed E-state index contributed by atoms with van der Waals surface area (Å²) in [6, 6.07) is 205. The zero-order chi connectivity index (χ0) is 92.9. The Morgan fingerprint density at radius 3 is 0.879 bits per heavy atom. The first-order valence-electron chi connectivity index (χ1n) is 48.0. The summed E-state index contributed by atoms with van der Waals surface area (Å²) >= 11 is 1.86. The van der Waals surface area contributed by atoms with Crippen molar-refractivity contribution in [2.45, 2.75) is 0 Å². The van der Waals surface area contributed by atoms with Crippen molar-refractivity contribution in [3.63, 3.8) is 0 Å². The van der Waals surface area contributed by atoms with Crippen molar-refractivity contribution < 1.29 is 4.42 Å². The fraction of sp³-hybridized carbons (Fsp3) is 0. The van der Waals surface area contributed by atoms with E-state index < -0.39 is 16.1 Å². The van der Waals surface area contributed by atoms with Crippen molar-refractivity contribution in [2.24, 2.45) is 0 Å². The first-order chi connectivity index (χ1) is 69.5. The lowest BCUT2D eigenvalue weighted by Crippen LogP contribution is -2.74. The monoisotopic (exact) mass is 1840 g/mol. The van der Waals surface area contributed by atoms with E-state index in [1.807, 2.05) is 23.5 Å². The molecule has 22 aromatic carbocycles. The SMILES string of the molecule is c1ccc(-n2c3ccccc3c3c(-c4ccc(N(c5ccc(-c6ccc7sc8ccccc8c7c6)cc5)c5cccc([Si](c6ccccc6)(c6ccccc6)c6ccccc6)c5)cc4)cccc32)cc1.c1ccc(-n2c3ccccc3c3c(-c4ccc(N(c5ccc(-c6cccc7oc8ccccc8c67)cc5)c5cccc([Si](c6ccccc6)(c6ccccc6)c6ccccc6)c5)cc4)cccc32)cc1. The van der Waals surface area contributed by atoms with E-state index in [-0.39, 0.29) is 0 Å². The number of fused-ring (bicyclic) bond motifs is 12. The quantitative estimate of drug-likeness (QED) is 0.0563. The number of rotatable bonds is 20. The van der Waals surface area contributed by atoms with Crippen molar-refractivity contribution >= 4 is 189 Å². The maximum absolute atomic E-state index is 6.33. The maximum atomic E-state index is 6.33. The molecule has 0 fully saturated rings. The van der Waals surface area contributed by atoms with E-state index >= 15 is 0 Å². The highest BCUT2D eigenvalue weighted by Crippen LogP contribution is 2.47. The van der Waals surface area contributed by atoms with Gasteiger partial charge in [0.25, 0.3) is 0 Å². The number of hydrogen-bond donors (Lipinski definition) is 0. The molecule has 660 valence electrons. The van der Waals surface area contributed by atoms with Gasteiger partial charge in [0.1, 0.15) is 11.2 Å². The highest BCUT2D eigenvalue weighted by atomic mass is 32.1. The Kier molecular flexibility index (Phi) is 21.8. The van der Waals surface area contributed by atoms with Crippen LogP contribution in [0.25, 0.3) is 142 Å². The summed E-state index contributed by atoms with van der Waals surface area (Å²) in [4.78, 5) is 4.86. The van der Waals surface area contributed by atoms with Crippen LogP contribution in [0, 0.1) is 0 Å². The number of furan rings is 1. The second-order valence-electron chi connectivity index (χ2n) is 36.0. The van der Waals surface area contributed by atoms with Crippen LogP contribution in [-0.2, 0) is 0 Å². The summed E-state index contributed by atoms with van der Waals surface area (Å²) in [5.74, 6) is 0. The van der Waals surface area contributed by atoms with Crippen LogP contribution < -0.4 is 51.3 Å². The fourth-order valence-corrected chi connectivity index (χ4v) is 32.8. The van der Waals surface area contributed by atoms with Gasteiger partial charge in [-0.25, -0.2) is 0 Å². The number of anilines is 6. The Bertz CT molecular complexity index is 8820. The number of para-hydroxylation sites is 5. The Morgan fingerprint density at radius 2 is 0.471 bits per heavy atom. The minimum absolute atomic E-state index is 0.893. The van der Waals surface area contributed by atoms with Gasteiger partial charge in [-0.15, -0.1) is 11.3 Å². The summed E-state index contributed by atoms with van der Waals surface area (Å²) in [7, 11) is -5.66. The number of hydrogen-bond acceptors (Lipinski definition) is 4. The molecule has 0 spiro atoms. The zero-order valence-electron chi connectivity index (χ0n) is 76.7. The average molecular weight is 1840 g/mol. The number of nitrogens with zero attached hydrogens (tertiary/aromatic N) is 4. The minimum atomic E-state index is -2.84. The lowest BCUT2D eigenvalue weighted by atomic mass is 9.98. The van der Waals surface area contributed by atoms with Crippen LogP contribution in [0.2, 0.25) is 0 Å². The van der Waals surface area contributed by atoms with Gasteiger partial charge < -0.3 is 23.4 Å². The molecule has 0 atom stereocenters. The van der Waals surface area contributed by atoms with Gasteiger partial charge in [-0.05, 0) is 238 Å². The molecule has 0 bridgehead atoms. The molecule has 0 N–H and O–H groups in total. The van der Waals surface area contributed by atoms with E-state index in [0.717, 1.165) is 78.6 Å². The van der Waals surface area contributed by atoms with Crippen LogP contribution in [-0.4, -0.2) is 25.3 Å². The smallest absolute Gasteiger partial charge is 0.179 e. The molecule has 8 heteroatoms. The summed E-state index contributed by atoms with van der Waals surface area (Å²) < 4.78 is 13.7. The third kappa shape index (κ3) is 14.8. The van der Waals surface area contributed by atoms with Crippen LogP contribution in [0.3, 0.4) is 0 Å². The first-order valence-corrected chi connectivity index (χ1v) is 52.8. The fourth-order valence-electron chi connectivity index (χ4n) is 22.1. The molecule has 26 aromatic rings. The standard InChI is InChI=1S/C66H46N2OSi.C66H46N2SSi/c1-5-20-49(21-6-1)68-61-34-15-13-30-59(61)65-57(32-18-35-62(65)68)47-38-42-50(43-39-47)67(51-44-40-48(41-45-51)58-33-19-37-64-66(58)60-31-14-16-36-63(60)69-64)52-22-17-29-56(46-52)70(53-23-7-2-8-24-53,54-25-9-3-10-26-54)55-27-11-4-12-28-55;1-5-19-50(20-6-1)68-62-32-15-13-30-60(62)66-58(31-18-33-63(66)68)48-37-42-52(43-38-48)67(51-40-35-47(36-41-51)49-39-44-65-61(45-49)59-29-14-16-34-64(59)69-65)53-21-17-28-57(46-53)70(54-22-7-2-8-23-54,55-24-9-3-10-25-55)56-26-11-4-12-27-56/h2*1-46H. The van der Waals surface area contributed by atoms with Gasteiger partial charge in [0.05, 0.1) is 22.1 Å². The first kappa shape index (κ1) is 84.3. The lowest BCUT2D eigenvalue weighted by molar-refractivity contribution is 0.669. The van der Waals surface area contributed by atoms with Crippen molar-refractivity contribution in [3.05, 3.63) is 558 Å². The van der Waals surface area contributed by atoms with Gasteiger partial charge >= 0.3 is 0 Å². The van der Waals surface area contributed by atoms with E-state index in [9.17, 15) is 0 Å². The van der Waals surface area contributed by atoms with Crippen molar-refractivity contribution in [2.75, 3.05) is 9.80 Å². The number of thiophene rings is 1. The van der Waals surface area contributed by atoms with E-state index in [4.69, 9.17) is 4.42 Å². The van der Waals surface area contributed by atoms with E-state index in [0.29, 0.717) is 0 Å². The predicted molar refractivity (Wildman–Crippen MR) is 600 cm³/mol. The number of aromatic nitrogens is 2. The maximum Gasteiger partial charge on any atom is 0.179 e. The summed E-state index contributed by atoms with van der Waals surface area (Å²) in [6.07, 6.45) is 0. The molecule has 4 heterocycles. The molecule has 0 aliphatic rings. The summed E-state index contributed by atoms with van der Waals surface area (Å²) in [5, 5.41) is 20.6.